The minimum Gasteiger partial charge on any atom is -0.482 e. The summed E-state index contributed by atoms with van der Waals surface area (Å²) >= 11 is 12.0. The van der Waals surface area contributed by atoms with Gasteiger partial charge >= 0.3 is 0 Å². The van der Waals surface area contributed by atoms with Crippen molar-refractivity contribution in [2.45, 2.75) is 4.90 Å². The molecule has 0 saturated carbocycles. The normalized spacial score (nSPS) is 14.8. The van der Waals surface area contributed by atoms with Gasteiger partial charge in [-0.3, -0.25) is 14.4 Å². The number of sulfonamides is 1. The summed E-state index contributed by atoms with van der Waals surface area (Å²) in [5.74, 6) is -0.0686. The fraction of sp³-hybridized carbons (Fsp3) is 0.350. The zero-order chi connectivity index (χ0) is 22.3. The number of morpholine rings is 1. The zero-order valence-corrected chi connectivity index (χ0v) is 19.0. The molecular formula is C20H23Cl2N3O5S. The SMILES string of the molecule is O=C(COc1ccc(S(=O)(=O)Nc2ccc(Cl)cc2)cc1Cl)NCCN1CCOCC1. The quantitative estimate of drug-likeness (QED) is 0.564. The number of nitrogens with zero attached hydrogens (tertiary/aromatic N) is 1. The number of carbonyl (C=O) groups excluding carboxylic acids is 1. The lowest BCUT2D eigenvalue weighted by atomic mass is 10.3. The minimum absolute atomic E-state index is 0.0326. The first kappa shape index (κ1) is 23.6. The topological polar surface area (TPSA) is 97.0 Å². The number of amides is 1. The molecule has 1 aliphatic heterocycles. The Hall–Kier alpha value is -2.04. The van der Waals surface area contributed by atoms with Gasteiger partial charge in [0.2, 0.25) is 0 Å². The van der Waals surface area contributed by atoms with E-state index in [0.717, 1.165) is 19.6 Å². The molecule has 2 N–H and O–H groups in total. The van der Waals surface area contributed by atoms with Crippen LogP contribution in [0.3, 0.4) is 0 Å². The van der Waals surface area contributed by atoms with Gasteiger partial charge in [-0.15, -0.1) is 0 Å². The number of benzene rings is 2. The number of halogens is 2. The fourth-order valence-electron chi connectivity index (χ4n) is 2.87. The molecule has 11 heteroatoms. The molecule has 8 nitrogen and oxygen atoms in total. The lowest BCUT2D eigenvalue weighted by Gasteiger charge is -2.26. The third-order valence-corrected chi connectivity index (χ3v) is 6.45. The van der Waals surface area contributed by atoms with Gasteiger partial charge < -0.3 is 14.8 Å². The summed E-state index contributed by atoms with van der Waals surface area (Å²) in [7, 11) is -3.85. The van der Waals surface area contributed by atoms with Crippen LogP contribution in [-0.4, -0.2) is 65.2 Å². The summed E-state index contributed by atoms with van der Waals surface area (Å²) < 4.78 is 38.3. The second kappa shape index (κ2) is 11.0. The second-order valence-corrected chi connectivity index (χ2v) is 9.32. The van der Waals surface area contributed by atoms with Crippen LogP contribution in [0.2, 0.25) is 10.0 Å². The fourth-order valence-corrected chi connectivity index (χ4v) is 4.38. The lowest BCUT2D eigenvalue weighted by molar-refractivity contribution is -0.123. The Morgan fingerprint density at radius 2 is 1.81 bits per heavy atom. The van der Waals surface area contributed by atoms with Crippen LogP contribution in [0.25, 0.3) is 0 Å². The number of nitrogens with one attached hydrogen (secondary N) is 2. The predicted molar refractivity (Wildman–Crippen MR) is 119 cm³/mol. The number of ether oxygens (including phenoxy) is 2. The van der Waals surface area contributed by atoms with E-state index < -0.39 is 10.0 Å². The zero-order valence-electron chi connectivity index (χ0n) is 16.6. The van der Waals surface area contributed by atoms with E-state index >= 15 is 0 Å². The van der Waals surface area contributed by atoms with Crippen molar-refractivity contribution < 1.29 is 22.7 Å². The number of anilines is 1. The predicted octanol–water partition coefficient (Wildman–Crippen LogP) is 2.62. The molecule has 0 radical (unpaired) electrons. The van der Waals surface area contributed by atoms with Gasteiger partial charge in [0.15, 0.2) is 6.61 Å². The number of hydrogen-bond acceptors (Lipinski definition) is 6. The first-order valence-corrected chi connectivity index (χ1v) is 11.8. The summed E-state index contributed by atoms with van der Waals surface area (Å²) in [5.41, 5.74) is 0.370. The molecule has 1 amide bonds. The molecule has 0 aliphatic carbocycles. The molecule has 1 fully saturated rings. The molecule has 2 aromatic carbocycles. The highest BCUT2D eigenvalue weighted by Crippen LogP contribution is 2.28. The lowest BCUT2D eigenvalue weighted by Crippen LogP contribution is -2.42. The van der Waals surface area contributed by atoms with E-state index in [0.29, 0.717) is 30.5 Å². The highest BCUT2D eigenvalue weighted by molar-refractivity contribution is 7.92. The van der Waals surface area contributed by atoms with Gasteiger partial charge in [-0.2, -0.15) is 0 Å². The Morgan fingerprint density at radius 1 is 1.10 bits per heavy atom. The standard InChI is InChI=1S/C20H23Cl2N3O5S/c21-15-1-3-16(4-2-15)24-31(27,28)17-5-6-19(18(22)13-17)30-14-20(26)23-7-8-25-9-11-29-12-10-25/h1-6,13,24H,7-12,14H2,(H,23,26). The number of hydrogen-bond donors (Lipinski definition) is 2. The van der Waals surface area contributed by atoms with Crippen molar-refractivity contribution in [2.75, 3.05) is 50.7 Å². The van der Waals surface area contributed by atoms with Crippen LogP contribution < -0.4 is 14.8 Å². The summed E-state index contributed by atoms with van der Waals surface area (Å²) in [4.78, 5) is 14.2. The first-order chi connectivity index (χ1) is 14.8. The van der Waals surface area contributed by atoms with Crippen molar-refractivity contribution >= 4 is 44.8 Å². The molecule has 1 heterocycles. The third kappa shape index (κ3) is 7.26. The van der Waals surface area contributed by atoms with Gasteiger partial charge in [0, 0.05) is 36.9 Å². The molecular weight excluding hydrogens is 465 g/mol. The molecule has 0 spiro atoms. The molecule has 0 unspecified atom stereocenters. The van der Waals surface area contributed by atoms with Gasteiger partial charge in [0.1, 0.15) is 5.75 Å². The molecule has 0 aromatic heterocycles. The molecule has 31 heavy (non-hydrogen) atoms. The Morgan fingerprint density at radius 3 is 2.48 bits per heavy atom. The van der Waals surface area contributed by atoms with Gasteiger partial charge in [-0.25, -0.2) is 8.42 Å². The maximum atomic E-state index is 12.5. The third-order valence-electron chi connectivity index (χ3n) is 4.52. The molecule has 0 atom stereocenters. The van der Waals surface area contributed by atoms with E-state index in [1.165, 1.54) is 18.2 Å². The maximum absolute atomic E-state index is 12.5. The van der Waals surface area contributed by atoms with E-state index in [1.54, 1.807) is 24.3 Å². The molecule has 1 saturated heterocycles. The maximum Gasteiger partial charge on any atom is 0.261 e. The smallest absolute Gasteiger partial charge is 0.261 e. The van der Waals surface area contributed by atoms with Crippen molar-refractivity contribution in [3.05, 3.63) is 52.5 Å². The van der Waals surface area contributed by atoms with Gasteiger partial charge in [-0.1, -0.05) is 23.2 Å². The number of rotatable bonds is 9. The molecule has 168 valence electrons. The minimum atomic E-state index is -3.85. The van der Waals surface area contributed by atoms with Crippen molar-refractivity contribution in [3.63, 3.8) is 0 Å². The van der Waals surface area contributed by atoms with Crippen molar-refractivity contribution in [2.24, 2.45) is 0 Å². The van der Waals surface area contributed by atoms with Crippen LogP contribution in [0.15, 0.2) is 47.4 Å². The second-order valence-electron chi connectivity index (χ2n) is 6.80. The van der Waals surface area contributed by atoms with Gasteiger partial charge in [-0.05, 0) is 42.5 Å². The van der Waals surface area contributed by atoms with E-state index in [2.05, 4.69) is 14.9 Å². The van der Waals surface area contributed by atoms with E-state index in [4.69, 9.17) is 32.7 Å². The summed E-state index contributed by atoms with van der Waals surface area (Å²) in [5, 5.41) is 3.36. The number of carbonyl (C=O) groups is 1. The summed E-state index contributed by atoms with van der Waals surface area (Å²) in [6.45, 7) is 4.13. The van der Waals surface area contributed by atoms with E-state index in [1.807, 2.05) is 0 Å². The van der Waals surface area contributed by atoms with Gasteiger partial charge in [0.05, 0.1) is 23.1 Å². The highest BCUT2D eigenvalue weighted by atomic mass is 35.5. The Kier molecular flexibility index (Phi) is 8.39. The van der Waals surface area contributed by atoms with Gasteiger partial charge in [0.25, 0.3) is 15.9 Å². The van der Waals surface area contributed by atoms with Crippen LogP contribution in [0.1, 0.15) is 0 Å². The molecule has 0 bridgehead atoms. The molecule has 2 aromatic rings. The Labute approximate surface area is 191 Å². The molecule has 1 aliphatic rings. The van der Waals surface area contributed by atoms with Crippen molar-refractivity contribution in [3.8, 4) is 5.75 Å². The van der Waals surface area contributed by atoms with Crippen molar-refractivity contribution in [1.82, 2.24) is 10.2 Å². The van der Waals surface area contributed by atoms with E-state index in [-0.39, 0.29) is 28.2 Å². The Balaban J connectivity index is 1.50. The Bertz CT molecular complexity index is 996. The van der Waals surface area contributed by atoms with Crippen molar-refractivity contribution in [1.29, 1.82) is 0 Å². The van der Waals surface area contributed by atoms with Crippen LogP contribution in [0.5, 0.6) is 5.75 Å². The summed E-state index contributed by atoms with van der Waals surface area (Å²) in [6.07, 6.45) is 0. The average Bonchev–Trinajstić information content (AvgIpc) is 2.75. The van der Waals surface area contributed by atoms with Crippen LogP contribution >= 0.6 is 23.2 Å². The average molecular weight is 488 g/mol. The van der Waals surface area contributed by atoms with E-state index in [9.17, 15) is 13.2 Å². The highest BCUT2D eigenvalue weighted by Gasteiger charge is 2.17. The molecule has 3 rings (SSSR count). The van der Waals surface area contributed by atoms with Crippen LogP contribution in [0.4, 0.5) is 5.69 Å². The monoisotopic (exact) mass is 487 g/mol. The first-order valence-electron chi connectivity index (χ1n) is 9.61. The summed E-state index contributed by atoms with van der Waals surface area (Å²) in [6, 6.07) is 10.3. The van der Waals surface area contributed by atoms with Crippen LogP contribution in [-0.2, 0) is 19.6 Å². The largest absolute Gasteiger partial charge is 0.482 e. The van der Waals surface area contributed by atoms with Crippen LogP contribution in [0, 0.1) is 0 Å².